The van der Waals surface area contributed by atoms with Crippen LogP contribution in [-0.4, -0.2) is 0 Å². The summed E-state index contributed by atoms with van der Waals surface area (Å²) < 4.78 is 26.4. The minimum Gasteiger partial charge on any atom is -0.340 e. The molecule has 0 heterocycles. The van der Waals surface area contributed by atoms with Crippen LogP contribution in [0.25, 0.3) is 0 Å². The fourth-order valence-corrected chi connectivity index (χ4v) is 1.03. The van der Waals surface area contributed by atoms with E-state index in [1.807, 2.05) is 0 Å². The van der Waals surface area contributed by atoms with Crippen LogP contribution in [0.15, 0.2) is 29.5 Å². The Morgan fingerprint density at radius 2 is 1.53 bits per heavy atom. The molecule has 4 nitrogen and oxygen atoms in total. The van der Waals surface area contributed by atoms with Crippen molar-refractivity contribution in [2.45, 2.75) is 0 Å². The molecule has 6 heteroatoms. The Labute approximate surface area is 95.6 Å². The average molecular weight is 230 g/mol. The summed E-state index contributed by atoms with van der Waals surface area (Å²) in [6, 6.07) is 7.52. The van der Waals surface area contributed by atoms with Crippen LogP contribution in [0, 0.1) is 45.6 Å². The van der Waals surface area contributed by atoms with Gasteiger partial charge in [-0.15, -0.1) is 0 Å². The fourth-order valence-electron chi connectivity index (χ4n) is 1.03. The van der Waals surface area contributed by atoms with Gasteiger partial charge in [0.25, 0.3) is 0 Å². The van der Waals surface area contributed by atoms with Crippen molar-refractivity contribution >= 4 is 5.69 Å². The van der Waals surface area contributed by atoms with Crippen LogP contribution in [0.4, 0.5) is 14.5 Å². The Morgan fingerprint density at radius 3 is 1.94 bits per heavy atom. The molecule has 1 aromatic carbocycles. The number of anilines is 1. The summed E-state index contributed by atoms with van der Waals surface area (Å²) in [5, 5.41) is 27.8. The molecule has 0 amide bonds. The first-order chi connectivity index (χ1) is 8.13. The number of nitrogens with one attached hydrogen (secondary N) is 1. The first kappa shape index (κ1) is 12.2. The van der Waals surface area contributed by atoms with E-state index in [9.17, 15) is 8.78 Å². The molecule has 0 saturated heterocycles. The van der Waals surface area contributed by atoms with Gasteiger partial charge in [0, 0.05) is 0 Å². The van der Waals surface area contributed by atoms with Crippen molar-refractivity contribution in [3.63, 3.8) is 0 Å². The molecule has 0 bridgehead atoms. The number of rotatable bonds is 2. The van der Waals surface area contributed by atoms with E-state index in [-0.39, 0.29) is 0 Å². The zero-order valence-corrected chi connectivity index (χ0v) is 8.33. The third-order valence-electron chi connectivity index (χ3n) is 1.80. The molecule has 0 fully saturated rings. The summed E-state index contributed by atoms with van der Waals surface area (Å²) in [5.74, 6) is -1.85. The molecule has 0 aliphatic rings. The Hall–Kier alpha value is -2.91. The van der Waals surface area contributed by atoms with Crippen LogP contribution in [0.3, 0.4) is 0 Å². The van der Waals surface area contributed by atoms with E-state index in [0.717, 1.165) is 18.2 Å². The summed E-state index contributed by atoms with van der Waals surface area (Å²) in [6.45, 7) is 0. The Bertz CT molecular complexity index is 563. The maximum Gasteiger partial charge on any atom is 0.163 e. The normalized spacial score (nSPS) is 8.41. The standard InChI is InChI=1S/C11H4F2N4/c12-8-2-1-3-9(13)11(8)17-10(6-16)7(4-14)5-15/h1-3,17H. The molecule has 1 aromatic rings. The molecule has 0 spiro atoms. The van der Waals surface area contributed by atoms with Gasteiger partial charge in [0.05, 0.1) is 0 Å². The van der Waals surface area contributed by atoms with Crippen molar-refractivity contribution in [2.24, 2.45) is 0 Å². The van der Waals surface area contributed by atoms with Gasteiger partial charge in [-0.1, -0.05) is 6.07 Å². The van der Waals surface area contributed by atoms with E-state index >= 15 is 0 Å². The first-order valence-electron chi connectivity index (χ1n) is 4.29. The van der Waals surface area contributed by atoms with Gasteiger partial charge < -0.3 is 5.32 Å². The van der Waals surface area contributed by atoms with Crippen molar-refractivity contribution in [1.82, 2.24) is 0 Å². The molecule has 0 unspecified atom stereocenters. The second kappa shape index (κ2) is 5.25. The highest BCUT2D eigenvalue weighted by molar-refractivity contribution is 5.59. The SMILES string of the molecule is N#CC(C#N)=C(C#N)Nc1c(F)cccc1F. The van der Waals surface area contributed by atoms with E-state index in [2.05, 4.69) is 5.32 Å². The molecule has 0 aromatic heterocycles. The van der Waals surface area contributed by atoms with Crippen LogP contribution in [0.2, 0.25) is 0 Å². The topological polar surface area (TPSA) is 83.4 Å². The van der Waals surface area contributed by atoms with Gasteiger partial charge in [-0.2, -0.15) is 15.8 Å². The van der Waals surface area contributed by atoms with E-state index in [1.54, 1.807) is 0 Å². The van der Waals surface area contributed by atoms with Crippen molar-refractivity contribution < 1.29 is 8.78 Å². The van der Waals surface area contributed by atoms with E-state index in [4.69, 9.17) is 15.8 Å². The van der Waals surface area contributed by atoms with Gasteiger partial charge >= 0.3 is 0 Å². The zero-order chi connectivity index (χ0) is 12.8. The van der Waals surface area contributed by atoms with E-state index in [0.29, 0.717) is 0 Å². The summed E-state index contributed by atoms with van der Waals surface area (Å²) in [6.07, 6.45) is 0. The van der Waals surface area contributed by atoms with Crippen molar-refractivity contribution in [2.75, 3.05) is 5.32 Å². The van der Waals surface area contributed by atoms with Crippen LogP contribution in [0.1, 0.15) is 0 Å². The largest absolute Gasteiger partial charge is 0.340 e. The lowest BCUT2D eigenvalue weighted by atomic mass is 10.2. The molecule has 0 atom stereocenters. The lowest BCUT2D eigenvalue weighted by Crippen LogP contribution is -2.04. The molecule has 1 N–H and O–H groups in total. The van der Waals surface area contributed by atoms with Crippen LogP contribution < -0.4 is 5.32 Å². The Balaban J connectivity index is 3.25. The molecule has 0 aliphatic heterocycles. The summed E-state index contributed by atoms with van der Waals surface area (Å²) >= 11 is 0. The number of nitriles is 3. The number of para-hydroxylation sites is 1. The minimum atomic E-state index is -0.923. The number of benzene rings is 1. The van der Waals surface area contributed by atoms with Gasteiger partial charge in [0.15, 0.2) is 5.57 Å². The Morgan fingerprint density at radius 1 is 1.00 bits per heavy atom. The number of hydrogen-bond acceptors (Lipinski definition) is 4. The maximum atomic E-state index is 13.2. The van der Waals surface area contributed by atoms with Crippen LogP contribution in [0.5, 0.6) is 0 Å². The van der Waals surface area contributed by atoms with Crippen LogP contribution in [-0.2, 0) is 0 Å². The molecule has 0 aliphatic carbocycles. The van der Waals surface area contributed by atoms with Crippen LogP contribution >= 0.6 is 0 Å². The van der Waals surface area contributed by atoms with Gasteiger partial charge in [-0.25, -0.2) is 8.78 Å². The van der Waals surface area contributed by atoms with Crippen molar-refractivity contribution in [3.05, 3.63) is 41.1 Å². The third-order valence-corrected chi connectivity index (χ3v) is 1.80. The van der Waals surface area contributed by atoms with Gasteiger partial charge in [-0.05, 0) is 12.1 Å². The molecule has 1 rings (SSSR count). The molecule has 82 valence electrons. The first-order valence-corrected chi connectivity index (χ1v) is 4.29. The lowest BCUT2D eigenvalue weighted by Gasteiger charge is -2.06. The smallest absolute Gasteiger partial charge is 0.163 e. The van der Waals surface area contributed by atoms with Gasteiger partial charge in [0.2, 0.25) is 0 Å². The summed E-state index contributed by atoms with van der Waals surface area (Å²) in [7, 11) is 0. The molecule has 0 radical (unpaired) electrons. The maximum absolute atomic E-state index is 13.2. The molecular weight excluding hydrogens is 226 g/mol. The number of nitrogens with zero attached hydrogens (tertiary/aromatic N) is 3. The minimum absolute atomic E-state index is 0.501. The molecular formula is C11H4F2N4. The predicted octanol–water partition coefficient (Wildman–Crippen LogP) is 2.20. The highest BCUT2D eigenvalue weighted by Gasteiger charge is 2.12. The summed E-state index contributed by atoms with van der Waals surface area (Å²) in [4.78, 5) is 0. The number of halogens is 2. The number of hydrogen-bond donors (Lipinski definition) is 1. The van der Waals surface area contributed by atoms with E-state index < -0.39 is 28.6 Å². The second-order valence-electron chi connectivity index (χ2n) is 2.81. The number of allylic oxidation sites excluding steroid dienone is 2. The highest BCUT2D eigenvalue weighted by Crippen LogP contribution is 2.20. The van der Waals surface area contributed by atoms with Gasteiger partial charge in [-0.3, -0.25) is 0 Å². The van der Waals surface area contributed by atoms with Gasteiger partial charge in [0.1, 0.15) is 41.2 Å². The zero-order valence-electron chi connectivity index (χ0n) is 8.33. The lowest BCUT2D eigenvalue weighted by molar-refractivity contribution is 0.590. The summed E-state index contributed by atoms with van der Waals surface area (Å²) in [5.41, 5.74) is -1.62. The predicted molar refractivity (Wildman–Crippen MR) is 53.8 cm³/mol. The highest BCUT2D eigenvalue weighted by atomic mass is 19.1. The van der Waals surface area contributed by atoms with Crippen molar-refractivity contribution in [3.8, 4) is 18.2 Å². The monoisotopic (exact) mass is 230 g/mol. The Kier molecular flexibility index (Phi) is 3.76. The molecule has 17 heavy (non-hydrogen) atoms. The fraction of sp³-hybridized carbons (Fsp3) is 0. The average Bonchev–Trinajstić information content (AvgIpc) is 2.33. The van der Waals surface area contributed by atoms with E-state index in [1.165, 1.54) is 18.2 Å². The second-order valence-corrected chi connectivity index (χ2v) is 2.81. The molecule has 0 saturated carbocycles. The third kappa shape index (κ3) is 2.56. The van der Waals surface area contributed by atoms with Crippen molar-refractivity contribution in [1.29, 1.82) is 15.8 Å². The quantitative estimate of drug-likeness (QED) is 0.789.